The van der Waals surface area contributed by atoms with E-state index in [1.54, 1.807) is 6.07 Å². The first kappa shape index (κ1) is 14.5. The van der Waals surface area contributed by atoms with Gasteiger partial charge in [0.1, 0.15) is 11.9 Å². The maximum Gasteiger partial charge on any atom is 0.416 e. The summed E-state index contributed by atoms with van der Waals surface area (Å²) in [6.07, 6.45) is -4.00. The molecule has 18 heavy (non-hydrogen) atoms. The van der Waals surface area contributed by atoms with Crippen molar-refractivity contribution < 1.29 is 17.6 Å². The van der Waals surface area contributed by atoms with Gasteiger partial charge >= 0.3 is 6.18 Å². The minimum Gasteiger partial charge on any atom is -0.298 e. The Hall–Kier alpha value is -1.61. The normalized spacial score (nSPS) is 13.1. The number of rotatable bonds is 4. The Kier molecular flexibility index (Phi) is 4.68. The van der Waals surface area contributed by atoms with Crippen molar-refractivity contribution in [2.45, 2.75) is 25.6 Å². The summed E-state index contributed by atoms with van der Waals surface area (Å²) in [6.45, 7) is 2.24. The average Bonchev–Trinajstić information content (AvgIpc) is 2.30. The number of halogens is 4. The monoisotopic (exact) mass is 260 g/mol. The van der Waals surface area contributed by atoms with Gasteiger partial charge in [0.05, 0.1) is 11.6 Å². The molecule has 0 fully saturated rings. The number of hydrogen-bond acceptors (Lipinski definition) is 2. The van der Waals surface area contributed by atoms with E-state index in [9.17, 15) is 17.6 Å². The number of benzene rings is 1. The van der Waals surface area contributed by atoms with Crippen molar-refractivity contribution in [1.29, 1.82) is 5.26 Å². The molecule has 98 valence electrons. The molecule has 0 heterocycles. The third-order valence-corrected chi connectivity index (χ3v) is 2.36. The van der Waals surface area contributed by atoms with Gasteiger partial charge in [-0.3, -0.25) is 5.32 Å². The molecule has 1 N–H and O–H groups in total. The molecule has 1 unspecified atom stereocenters. The van der Waals surface area contributed by atoms with Crippen LogP contribution >= 0.6 is 0 Å². The van der Waals surface area contributed by atoms with Gasteiger partial charge in [0.2, 0.25) is 0 Å². The van der Waals surface area contributed by atoms with E-state index in [0.717, 1.165) is 12.1 Å². The van der Waals surface area contributed by atoms with E-state index in [-0.39, 0.29) is 5.56 Å². The Morgan fingerprint density at radius 3 is 2.56 bits per heavy atom. The third-order valence-electron chi connectivity index (χ3n) is 2.36. The highest BCUT2D eigenvalue weighted by Crippen LogP contribution is 2.35. The van der Waals surface area contributed by atoms with Crippen molar-refractivity contribution in [3.05, 3.63) is 35.1 Å². The summed E-state index contributed by atoms with van der Waals surface area (Å²) >= 11 is 0. The lowest BCUT2D eigenvalue weighted by Gasteiger charge is -2.17. The average molecular weight is 260 g/mol. The van der Waals surface area contributed by atoms with Crippen LogP contribution in [0.4, 0.5) is 17.6 Å². The highest BCUT2D eigenvalue weighted by atomic mass is 19.4. The molecule has 1 rings (SSSR count). The first-order chi connectivity index (χ1) is 8.40. The van der Waals surface area contributed by atoms with Gasteiger partial charge in [-0.2, -0.15) is 18.4 Å². The summed E-state index contributed by atoms with van der Waals surface area (Å²) in [5.41, 5.74) is -1.36. The Morgan fingerprint density at radius 2 is 2.06 bits per heavy atom. The topological polar surface area (TPSA) is 35.8 Å². The van der Waals surface area contributed by atoms with Crippen molar-refractivity contribution in [3.8, 4) is 6.07 Å². The molecule has 0 aliphatic rings. The van der Waals surface area contributed by atoms with Crippen LogP contribution < -0.4 is 5.32 Å². The predicted octanol–water partition coefficient (Wildman–Crippen LogP) is 3.41. The zero-order chi connectivity index (χ0) is 13.8. The van der Waals surface area contributed by atoms with E-state index in [4.69, 9.17) is 5.26 Å². The quantitative estimate of drug-likeness (QED) is 0.842. The molecule has 0 aliphatic carbocycles. The van der Waals surface area contributed by atoms with Crippen LogP contribution in [0.15, 0.2) is 18.2 Å². The first-order valence-corrected chi connectivity index (χ1v) is 5.39. The fraction of sp³-hybridized carbons (Fsp3) is 0.417. The molecule has 1 atom stereocenters. The Bertz CT molecular complexity index is 448. The van der Waals surface area contributed by atoms with Gasteiger partial charge in [-0.05, 0) is 30.7 Å². The summed E-state index contributed by atoms with van der Waals surface area (Å²) in [5.74, 6) is -0.974. The summed E-state index contributed by atoms with van der Waals surface area (Å²) in [6, 6.07) is 2.98. The van der Waals surface area contributed by atoms with Crippen molar-refractivity contribution in [2.75, 3.05) is 6.54 Å². The molecule has 2 nitrogen and oxygen atoms in total. The fourth-order valence-electron chi connectivity index (χ4n) is 1.54. The van der Waals surface area contributed by atoms with Crippen LogP contribution in [-0.4, -0.2) is 6.54 Å². The summed E-state index contributed by atoms with van der Waals surface area (Å²) in [4.78, 5) is 0. The van der Waals surface area contributed by atoms with Gasteiger partial charge < -0.3 is 0 Å². The minimum absolute atomic E-state index is 0.250. The van der Waals surface area contributed by atoms with E-state index in [2.05, 4.69) is 5.32 Å². The van der Waals surface area contributed by atoms with Crippen LogP contribution in [-0.2, 0) is 6.18 Å². The van der Waals surface area contributed by atoms with Crippen LogP contribution in [0.2, 0.25) is 0 Å². The smallest absolute Gasteiger partial charge is 0.298 e. The minimum atomic E-state index is -4.68. The van der Waals surface area contributed by atoms with Crippen LogP contribution in [0, 0.1) is 17.1 Å². The summed E-state index contributed by atoms with van der Waals surface area (Å²) < 4.78 is 51.1. The Labute approximate surface area is 102 Å². The van der Waals surface area contributed by atoms with E-state index in [1.165, 1.54) is 0 Å². The molecule has 0 saturated heterocycles. The van der Waals surface area contributed by atoms with Crippen molar-refractivity contribution in [1.82, 2.24) is 5.32 Å². The highest BCUT2D eigenvalue weighted by molar-refractivity contribution is 5.35. The lowest BCUT2D eigenvalue weighted by Crippen LogP contribution is -2.24. The second kappa shape index (κ2) is 5.83. The lowest BCUT2D eigenvalue weighted by molar-refractivity contribution is -0.138. The van der Waals surface area contributed by atoms with Gasteiger partial charge in [-0.25, -0.2) is 4.39 Å². The molecule has 0 saturated carbocycles. The molecule has 1 aromatic carbocycles. The van der Waals surface area contributed by atoms with E-state index in [0.29, 0.717) is 19.0 Å². The van der Waals surface area contributed by atoms with Gasteiger partial charge in [-0.1, -0.05) is 13.0 Å². The number of hydrogen-bond donors (Lipinski definition) is 1. The third kappa shape index (κ3) is 3.44. The second-order valence-electron chi connectivity index (χ2n) is 3.75. The maximum atomic E-state index is 12.9. The Balaban J connectivity index is 3.18. The molecule has 0 spiro atoms. The molecule has 0 bridgehead atoms. The van der Waals surface area contributed by atoms with Crippen LogP contribution in [0.1, 0.15) is 30.5 Å². The highest BCUT2D eigenvalue weighted by Gasteiger charge is 2.35. The van der Waals surface area contributed by atoms with Gasteiger partial charge in [-0.15, -0.1) is 0 Å². The van der Waals surface area contributed by atoms with E-state index < -0.39 is 23.6 Å². The predicted molar refractivity (Wildman–Crippen MR) is 58.0 cm³/mol. The van der Waals surface area contributed by atoms with Crippen LogP contribution in [0.25, 0.3) is 0 Å². The first-order valence-electron chi connectivity index (χ1n) is 5.39. The molecule has 0 radical (unpaired) electrons. The molecule has 0 aliphatic heterocycles. The standard InChI is InChI=1S/C12H12F4N2/c1-2-5-18-11(7-17)9-4-3-8(13)6-10(9)12(14,15)16/h3-4,6,11,18H,2,5H2,1H3. The summed E-state index contributed by atoms with van der Waals surface area (Å²) in [7, 11) is 0. The van der Waals surface area contributed by atoms with Crippen LogP contribution in [0.5, 0.6) is 0 Å². The second-order valence-corrected chi connectivity index (χ2v) is 3.75. The zero-order valence-corrected chi connectivity index (χ0v) is 9.68. The molecule has 0 aromatic heterocycles. The largest absolute Gasteiger partial charge is 0.416 e. The SMILES string of the molecule is CCCNC(C#N)c1ccc(F)cc1C(F)(F)F. The number of nitrogens with one attached hydrogen (secondary N) is 1. The zero-order valence-electron chi connectivity index (χ0n) is 9.68. The number of alkyl halides is 3. The Morgan fingerprint density at radius 1 is 1.39 bits per heavy atom. The number of nitrogens with zero attached hydrogens (tertiary/aromatic N) is 1. The van der Waals surface area contributed by atoms with E-state index in [1.807, 2.05) is 6.92 Å². The van der Waals surface area contributed by atoms with Gasteiger partial charge in [0.25, 0.3) is 0 Å². The summed E-state index contributed by atoms with van der Waals surface area (Å²) in [5, 5.41) is 11.6. The number of nitriles is 1. The maximum absolute atomic E-state index is 12.9. The van der Waals surface area contributed by atoms with Crippen LogP contribution in [0.3, 0.4) is 0 Å². The molecular formula is C12H12F4N2. The van der Waals surface area contributed by atoms with Gasteiger partial charge in [0, 0.05) is 0 Å². The molecule has 1 aromatic rings. The van der Waals surface area contributed by atoms with Crippen molar-refractivity contribution >= 4 is 0 Å². The van der Waals surface area contributed by atoms with Crippen molar-refractivity contribution in [2.24, 2.45) is 0 Å². The molecule has 0 amide bonds. The fourth-order valence-corrected chi connectivity index (χ4v) is 1.54. The lowest BCUT2D eigenvalue weighted by atomic mass is 10.0. The van der Waals surface area contributed by atoms with Crippen molar-refractivity contribution in [3.63, 3.8) is 0 Å². The van der Waals surface area contributed by atoms with Gasteiger partial charge in [0.15, 0.2) is 0 Å². The molecule has 6 heteroatoms. The molecular weight excluding hydrogens is 248 g/mol. The van der Waals surface area contributed by atoms with E-state index >= 15 is 0 Å².